The highest BCUT2D eigenvalue weighted by Crippen LogP contribution is 2.29. The van der Waals surface area contributed by atoms with E-state index in [2.05, 4.69) is 4.74 Å². The maximum Gasteiger partial charge on any atom is 0.142 e. The summed E-state index contributed by atoms with van der Waals surface area (Å²) in [7, 11) is 3.25. The number of methoxy groups -OCH3 is 1. The number of carbonyl (C=O) groups excluding carboxylic acids is 1. The van der Waals surface area contributed by atoms with Crippen LogP contribution in [0, 0.1) is 17.7 Å². The number of hydrogen-bond acceptors (Lipinski definition) is 3. The van der Waals surface area contributed by atoms with Gasteiger partial charge in [-0.2, -0.15) is 0 Å². The van der Waals surface area contributed by atoms with Crippen LogP contribution in [0.25, 0.3) is 0 Å². The molecule has 4 heteroatoms. The Morgan fingerprint density at radius 3 is 2.43 bits per heavy atom. The van der Waals surface area contributed by atoms with Gasteiger partial charge in [0.2, 0.25) is 0 Å². The third-order valence-electron chi connectivity index (χ3n) is 2.90. The second-order valence-corrected chi connectivity index (χ2v) is 4.93. The fraction of sp³-hybridized carbons (Fsp3) is 0.588. The van der Waals surface area contributed by atoms with Crippen molar-refractivity contribution in [3.8, 4) is 5.75 Å². The lowest BCUT2D eigenvalue weighted by molar-refractivity contribution is -0.127. The van der Waals surface area contributed by atoms with Gasteiger partial charge in [-0.1, -0.05) is 27.7 Å². The minimum absolute atomic E-state index is 0.00343. The average Bonchev–Trinajstić information content (AvgIpc) is 2.48. The molecular formula is C17H27FO3. The van der Waals surface area contributed by atoms with Gasteiger partial charge in [0.25, 0.3) is 0 Å². The van der Waals surface area contributed by atoms with Gasteiger partial charge >= 0.3 is 0 Å². The lowest BCUT2D eigenvalue weighted by Gasteiger charge is -2.25. The van der Waals surface area contributed by atoms with Gasteiger partial charge in [0.1, 0.15) is 17.3 Å². The van der Waals surface area contributed by atoms with Crippen LogP contribution in [-0.2, 0) is 16.0 Å². The number of benzene rings is 1. The lowest BCUT2D eigenvalue weighted by atomic mass is 9.88. The van der Waals surface area contributed by atoms with Gasteiger partial charge in [-0.25, -0.2) is 4.39 Å². The Morgan fingerprint density at radius 2 is 1.90 bits per heavy atom. The zero-order chi connectivity index (χ0) is 16.4. The highest BCUT2D eigenvalue weighted by Gasteiger charge is 2.27. The highest BCUT2D eigenvalue weighted by atomic mass is 19.1. The summed E-state index contributed by atoms with van der Waals surface area (Å²) < 4.78 is 22.8. The number of hydrogen-bond donors (Lipinski definition) is 0. The summed E-state index contributed by atoms with van der Waals surface area (Å²) in [5, 5.41) is 0. The van der Waals surface area contributed by atoms with Crippen LogP contribution in [0.5, 0.6) is 5.75 Å². The third-order valence-corrected chi connectivity index (χ3v) is 2.90. The van der Waals surface area contributed by atoms with E-state index in [1.807, 2.05) is 27.7 Å². The Labute approximate surface area is 127 Å². The zero-order valence-electron chi connectivity index (χ0n) is 13.9. The van der Waals surface area contributed by atoms with Crippen LogP contribution >= 0.6 is 0 Å². The molecular weight excluding hydrogens is 271 g/mol. The molecule has 0 radical (unpaired) electrons. The number of fused-ring (bicyclic) bond motifs is 1. The molecule has 0 spiro atoms. The van der Waals surface area contributed by atoms with E-state index in [4.69, 9.17) is 4.74 Å². The number of Topliss-reactive ketones (excluding diaryl/α,β-unsaturated/α-hetero) is 1. The van der Waals surface area contributed by atoms with Gasteiger partial charge in [-0.05, 0) is 30.2 Å². The molecule has 0 aromatic heterocycles. The molecule has 2 rings (SSSR count). The first-order valence-corrected chi connectivity index (χ1v) is 7.34. The number of halogens is 1. The van der Waals surface area contributed by atoms with E-state index < -0.39 is 0 Å². The van der Waals surface area contributed by atoms with E-state index in [1.54, 1.807) is 20.3 Å². The van der Waals surface area contributed by atoms with Gasteiger partial charge < -0.3 is 9.47 Å². The van der Waals surface area contributed by atoms with Crippen LogP contribution in [0.15, 0.2) is 18.2 Å². The summed E-state index contributed by atoms with van der Waals surface area (Å²) in [6.07, 6.45) is 0.587. The molecule has 0 amide bonds. The van der Waals surface area contributed by atoms with Gasteiger partial charge in [0.05, 0.1) is 12.5 Å². The van der Waals surface area contributed by atoms with E-state index in [1.165, 1.54) is 12.1 Å². The summed E-state index contributed by atoms with van der Waals surface area (Å²) in [5.74, 6) is 0.488. The van der Waals surface area contributed by atoms with Crippen molar-refractivity contribution in [3.05, 3.63) is 29.6 Å². The van der Waals surface area contributed by atoms with Crippen molar-refractivity contribution < 1.29 is 18.7 Å². The van der Waals surface area contributed by atoms with Crippen molar-refractivity contribution in [2.75, 3.05) is 20.8 Å². The molecule has 0 aliphatic carbocycles. The van der Waals surface area contributed by atoms with E-state index >= 15 is 0 Å². The molecule has 1 aliphatic heterocycles. The molecule has 0 saturated heterocycles. The molecule has 1 aromatic rings. The van der Waals surface area contributed by atoms with Crippen LogP contribution in [-0.4, -0.2) is 26.6 Å². The topological polar surface area (TPSA) is 35.5 Å². The summed E-state index contributed by atoms with van der Waals surface area (Å²) in [6.45, 7) is 8.17. The number of rotatable bonds is 2. The molecule has 3 nitrogen and oxygen atoms in total. The fourth-order valence-corrected chi connectivity index (χ4v) is 2.02. The first-order valence-electron chi connectivity index (χ1n) is 7.34. The molecule has 0 N–H and O–H groups in total. The van der Waals surface area contributed by atoms with Crippen molar-refractivity contribution in [1.29, 1.82) is 0 Å². The van der Waals surface area contributed by atoms with Crippen molar-refractivity contribution >= 4 is 5.78 Å². The Bertz CT molecular complexity index is 430. The van der Waals surface area contributed by atoms with Crippen LogP contribution in [0.2, 0.25) is 0 Å². The molecule has 0 bridgehead atoms. The van der Waals surface area contributed by atoms with E-state index in [0.717, 1.165) is 5.56 Å². The Morgan fingerprint density at radius 1 is 1.33 bits per heavy atom. The molecule has 1 aliphatic rings. The molecule has 1 heterocycles. The van der Waals surface area contributed by atoms with Crippen LogP contribution in [0.4, 0.5) is 4.39 Å². The van der Waals surface area contributed by atoms with Crippen molar-refractivity contribution in [2.45, 2.75) is 34.1 Å². The van der Waals surface area contributed by atoms with E-state index in [-0.39, 0.29) is 23.4 Å². The van der Waals surface area contributed by atoms with Gasteiger partial charge in [-0.3, -0.25) is 4.79 Å². The smallest absolute Gasteiger partial charge is 0.142 e. The van der Waals surface area contributed by atoms with E-state index in [9.17, 15) is 9.18 Å². The largest absolute Gasteiger partial charge is 0.493 e. The summed E-state index contributed by atoms with van der Waals surface area (Å²) >= 11 is 0. The van der Waals surface area contributed by atoms with Crippen molar-refractivity contribution in [3.63, 3.8) is 0 Å². The minimum Gasteiger partial charge on any atom is -0.493 e. The predicted molar refractivity (Wildman–Crippen MR) is 83.2 cm³/mol. The average molecular weight is 298 g/mol. The number of carbonyl (C=O) groups is 1. The standard InChI is InChI=1S/C13H15FO2.C2H6O.C2H6/c1-8(2)13(15)10-5-9-6-11(14)3-4-12(9)16-7-10;1-3-2;1-2/h3-4,6,8,10H,5,7H2,1-2H3;1-2H3;1-2H3. The molecule has 1 unspecified atom stereocenters. The quantitative estimate of drug-likeness (QED) is 0.831. The highest BCUT2D eigenvalue weighted by molar-refractivity contribution is 5.83. The Hall–Kier alpha value is -1.42. The molecule has 0 saturated carbocycles. The first kappa shape index (κ1) is 19.6. The molecule has 21 heavy (non-hydrogen) atoms. The van der Waals surface area contributed by atoms with Gasteiger partial charge in [0, 0.05) is 20.1 Å². The minimum atomic E-state index is -0.278. The second-order valence-electron chi connectivity index (χ2n) is 4.93. The summed E-state index contributed by atoms with van der Waals surface area (Å²) in [5.41, 5.74) is 0.797. The van der Waals surface area contributed by atoms with Crippen molar-refractivity contribution in [1.82, 2.24) is 0 Å². The normalized spacial score (nSPS) is 15.7. The fourth-order valence-electron chi connectivity index (χ4n) is 2.02. The molecule has 1 aromatic carbocycles. The SMILES string of the molecule is CC.CC(C)C(=O)C1COc2ccc(F)cc2C1.COC. The van der Waals surface area contributed by atoms with Crippen LogP contribution < -0.4 is 4.74 Å². The Balaban J connectivity index is 0.000000713. The van der Waals surface area contributed by atoms with Crippen LogP contribution in [0.1, 0.15) is 33.3 Å². The van der Waals surface area contributed by atoms with Gasteiger partial charge in [0.15, 0.2) is 0 Å². The monoisotopic (exact) mass is 298 g/mol. The zero-order valence-corrected chi connectivity index (χ0v) is 13.9. The van der Waals surface area contributed by atoms with Crippen molar-refractivity contribution in [2.24, 2.45) is 11.8 Å². The lowest BCUT2D eigenvalue weighted by Crippen LogP contribution is -2.31. The maximum absolute atomic E-state index is 13.0. The Kier molecular flexibility index (Phi) is 9.63. The van der Waals surface area contributed by atoms with Gasteiger partial charge in [-0.15, -0.1) is 0 Å². The summed E-state index contributed by atoms with van der Waals surface area (Å²) in [4.78, 5) is 11.8. The number of ether oxygens (including phenoxy) is 2. The molecule has 120 valence electrons. The summed E-state index contributed by atoms with van der Waals surface area (Å²) in [6, 6.07) is 4.46. The third kappa shape index (κ3) is 6.25. The molecule has 0 fully saturated rings. The maximum atomic E-state index is 13.0. The molecule has 1 atom stereocenters. The second kappa shape index (κ2) is 10.3. The first-order chi connectivity index (χ1) is 9.99. The van der Waals surface area contributed by atoms with E-state index in [0.29, 0.717) is 18.8 Å². The number of ketones is 1. The van der Waals surface area contributed by atoms with Crippen LogP contribution in [0.3, 0.4) is 0 Å². The predicted octanol–water partition coefficient (Wildman–Crippen LogP) is 3.89.